The van der Waals surface area contributed by atoms with E-state index in [9.17, 15) is 14.9 Å². The van der Waals surface area contributed by atoms with E-state index in [0.717, 1.165) is 25.7 Å². The van der Waals surface area contributed by atoms with Crippen LogP contribution in [0.2, 0.25) is 0 Å². The first-order valence-corrected chi connectivity index (χ1v) is 8.65. The molecule has 8 heteroatoms. The summed E-state index contributed by atoms with van der Waals surface area (Å²) in [7, 11) is 0. The predicted octanol–water partition coefficient (Wildman–Crippen LogP) is 2.20. The van der Waals surface area contributed by atoms with Gasteiger partial charge in [-0.05, 0) is 18.9 Å². The van der Waals surface area contributed by atoms with Gasteiger partial charge in [0.15, 0.2) is 5.79 Å². The normalized spacial score (nSPS) is 21.8. The van der Waals surface area contributed by atoms with Crippen molar-refractivity contribution in [1.29, 1.82) is 0 Å². The van der Waals surface area contributed by atoms with Crippen LogP contribution in [0.5, 0.6) is 0 Å². The summed E-state index contributed by atoms with van der Waals surface area (Å²) < 4.78 is 11.6. The second-order valence-corrected chi connectivity index (χ2v) is 6.33. The number of carbonyl (C=O) groups excluding carboxylic acids is 1. The molecule has 1 saturated carbocycles. The van der Waals surface area contributed by atoms with Gasteiger partial charge in [0.1, 0.15) is 5.69 Å². The molecule has 2 aliphatic rings. The van der Waals surface area contributed by atoms with Crippen molar-refractivity contribution in [3.8, 4) is 0 Å². The third kappa shape index (κ3) is 4.08. The van der Waals surface area contributed by atoms with Crippen LogP contribution in [0.3, 0.4) is 0 Å². The van der Waals surface area contributed by atoms with Crippen LogP contribution in [-0.4, -0.2) is 42.4 Å². The molecule has 1 aromatic carbocycles. The monoisotopic (exact) mass is 349 g/mol. The Labute approximate surface area is 146 Å². The largest absolute Gasteiger partial charge is 0.379 e. The maximum Gasteiger partial charge on any atom is 0.292 e. The zero-order chi connectivity index (χ0) is 17.7. The molecule has 0 aromatic heterocycles. The molecule has 2 N–H and O–H groups in total. The smallest absolute Gasteiger partial charge is 0.292 e. The maximum absolute atomic E-state index is 12.3. The predicted molar refractivity (Wildman–Crippen MR) is 91.2 cm³/mol. The molecule has 0 bridgehead atoms. The molecular weight excluding hydrogens is 326 g/mol. The first-order chi connectivity index (χ1) is 12.1. The van der Waals surface area contributed by atoms with E-state index in [1.807, 2.05) is 0 Å². The van der Waals surface area contributed by atoms with E-state index in [1.165, 1.54) is 6.07 Å². The Bertz CT molecular complexity index is 630. The highest BCUT2D eigenvalue weighted by atomic mass is 16.7. The Kier molecular flexibility index (Phi) is 5.50. The molecule has 1 aliphatic carbocycles. The van der Waals surface area contributed by atoms with E-state index in [-0.39, 0.29) is 24.1 Å². The van der Waals surface area contributed by atoms with Crippen LogP contribution in [0.1, 0.15) is 32.1 Å². The first kappa shape index (κ1) is 17.6. The van der Waals surface area contributed by atoms with Crippen LogP contribution in [0, 0.1) is 10.1 Å². The molecule has 0 unspecified atom stereocenters. The summed E-state index contributed by atoms with van der Waals surface area (Å²) in [6.07, 6.45) is 3.92. The van der Waals surface area contributed by atoms with Crippen molar-refractivity contribution in [3.63, 3.8) is 0 Å². The number of hydrogen-bond acceptors (Lipinski definition) is 6. The van der Waals surface area contributed by atoms with Crippen molar-refractivity contribution in [2.45, 2.75) is 43.9 Å². The van der Waals surface area contributed by atoms with Gasteiger partial charge in [-0.15, -0.1) is 0 Å². The quantitative estimate of drug-likeness (QED) is 0.603. The molecule has 1 atom stereocenters. The third-order valence-corrected chi connectivity index (χ3v) is 4.68. The molecule has 0 radical (unpaired) electrons. The topological polar surface area (TPSA) is 103 Å². The molecule has 1 aromatic rings. The zero-order valence-electron chi connectivity index (χ0n) is 14.0. The van der Waals surface area contributed by atoms with Crippen LogP contribution in [-0.2, 0) is 14.3 Å². The number of benzene rings is 1. The summed E-state index contributed by atoms with van der Waals surface area (Å²) >= 11 is 0. The van der Waals surface area contributed by atoms with Crippen molar-refractivity contribution in [1.82, 2.24) is 5.32 Å². The van der Waals surface area contributed by atoms with Gasteiger partial charge in [-0.25, -0.2) is 0 Å². The van der Waals surface area contributed by atoms with Crippen LogP contribution in [0.4, 0.5) is 11.4 Å². The summed E-state index contributed by atoms with van der Waals surface area (Å²) in [6.45, 7) is 1.44. The standard InChI is InChI=1S/C17H23N3O5/c21-16(8-10-18-13-5-1-2-6-14(13)20(22)23)19-15-7-3-4-9-17(15)24-11-12-25-17/h1-2,5-6,15,18H,3-4,7-12H2,(H,19,21)/t15-/m1/s1. The van der Waals surface area contributed by atoms with Gasteiger partial charge in [0.05, 0.1) is 24.2 Å². The number of ether oxygens (including phenoxy) is 2. The lowest BCUT2D eigenvalue weighted by atomic mass is 9.89. The lowest BCUT2D eigenvalue weighted by Crippen LogP contribution is -2.55. The molecule has 2 fully saturated rings. The Balaban J connectivity index is 1.51. The third-order valence-electron chi connectivity index (χ3n) is 4.68. The summed E-state index contributed by atoms with van der Waals surface area (Å²) in [5, 5.41) is 17.0. The van der Waals surface area contributed by atoms with Gasteiger partial charge in [-0.3, -0.25) is 14.9 Å². The van der Waals surface area contributed by atoms with E-state index in [2.05, 4.69) is 10.6 Å². The van der Waals surface area contributed by atoms with Crippen molar-refractivity contribution in [2.75, 3.05) is 25.1 Å². The van der Waals surface area contributed by atoms with Gasteiger partial charge >= 0.3 is 0 Å². The van der Waals surface area contributed by atoms with Crippen molar-refractivity contribution >= 4 is 17.3 Å². The zero-order valence-corrected chi connectivity index (χ0v) is 14.0. The number of nitrogens with one attached hydrogen (secondary N) is 2. The number of para-hydroxylation sites is 2. The first-order valence-electron chi connectivity index (χ1n) is 8.65. The van der Waals surface area contributed by atoms with Crippen LogP contribution in [0.15, 0.2) is 24.3 Å². The minimum Gasteiger partial charge on any atom is -0.379 e. The molecule has 25 heavy (non-hydrogen) atoms. The SMILES string of the molecule is O=C(CCNc1ccccc1[N+](=O)[O-])N[C@@H]1CCCCC12OCCO2. The average molecular weight is 349 g/mol. The van der Waals surface area contributed by atoms with E-state index < -0.39 is 10.7 Å². The Morgan fingerprint density at radius 2 is 2.04 bits per heavy atom. The fraction of sp³-hybridized carbons (Fsp3) is 0.588. The number of anilines is 1. The highest BCUT2D eigenvalue weighted by Crippen LogP contribution is 2.36. The fourth-order valence-corrected chi connectivity index (χ4v) is 3.47. The second-order valence-electron chi connectivity index (χ2n) is 6.33. The maximum atomic E-state index is 12.3. The molecule has 3 rings (SSSR count). The lowest BCUT2D eigenvalue weighted by molar-refractivity contribution is -0.384. The van der Waals surface area contributed by atoms with Gasteiger partial charge < -0.3 is 20.1 Å². The van der Waals surface area contributed by atoms with Gasteiger partial charge in [0.25, 0.3) is 5.69 Å². The average Bonchev–Trinajstić information content (AvgIpc) is 3.06. The minimum atomic E-state index is -0.667. The number of nitro groups is 1. The number of hydrogen-bond donors (Lipinski definition) is 2. The Morgan fingerprint density at radius 1 is 1.28 bits per heavy atom. The van der Waals surface area contributed by atoms with E-state index >= 15 is 0 Å². The van der Waals surface area contributed by atoms with Gasteiger partial charge in [0.2, 0.25) is 5.91 Å². The molecule has 8 nitrogen and oxygen atoms in total. The van der Waals surface area contributed by atoms with E-state index in [4.69, 9.17) is 9.47 Å². The number of nitrogens with zero attached hydrogens (tertiary/aromatic N) is 1. The molecule has 1 spiro atoms. The lowest BCUT2D eigenvalue weighted by Gasteiger charge is -2.39. The summed E-state index contributed by atoms with van der Waals surface area (Å²) in [6, 6.07) is 6.26. The van der Waals surface area contributed by atoms with Crippen molar-refractivity contribution in [3.05, 3.63) is 34.4 Å². The van der Waals surface area contributed by atoms with E-state index in [0.29, 0.717) is 25.4 Å². The van der Waals surface area contributed by atoms with Crippen LogP contribution < -0.4 is 10.6 Å². The second kappa shape index (κ2) is 7.79. The number of amides is 1. The molecule has 1 amide bonds. The van der Waals surface area contributed by atoms with Gasteiger partial charge in [0, 0.05) is 25.5 Å². The molecule has 136 valence electrons. The van der Waals surface area contributed by atoms with Crippen LogP contribution >= 0.6 is 0 Å². The molecular formula is C17H23N3O5. The summed E-state index contributed by atoms with van der Waals surface area (Å²) in [5.74, 6) is -0.781. The van der Waals surface area contributed by atoms with Gasteiger partial charge in [-0.2, -0.15) is 0 Å². The minimum absolute atomic E-state index is 0.00176. The Morgan fingerprint density at radius 3 is 2.80 bits per heavy atom. The van der Waals surface area contributed by atoms with Crippen molar-refractivity contribution in [2.24, 2.45) is 0 Å². The highest BCUT2D eigenvalue weighted by Gasteiger charge is 2.46. The molecule has 1 aliphatic heterocycles. The van der Waals surface area contributed by atoms with E-state index in [1.54, 1.807) is 18.2 Å². The number of rotatable bonds is 6. The van der Waals surface area contributed by atoms with Gasteiger partial charge in [-0.1, -0.05) is 18.6 Å². The highest BCUT2D eigenvalue weighted by molar-refractivity contribution is 5.77. The number of carbonyl (C=O) groups is 1. The summed E-state index contributed by atoms with van der Waals surface area (Å²) in [4.78, 5) is 22.8. The van der Waals surface area contributed by atoms with Crippen molar-refractivity contribution < 1.29 is 19.2 Å². The summed E-state index contributed by atoms with van der Waals surface area (Å²) in [5.41, 5.74) is 0.416. The fourth-order valence-electron chi connectivity index (χ4n) is 3.47. The Hall–Kier alpha value is -2.19. The number of nitro benzene ring substituents is 1. The molecule has 1 saturated heterocycles. The molecule has 1 heterocycles. The van der Waals surface area contributed by atoms with Crippen LogP contribution in [0.25, 0.3) is 0 Å².